The molecule has 0 spiro atoms. The van der Waals surface area contributed by atoms with Crippen molar-refractivity contribution in [2.24, 2.45) is 0 Å². The number of amides is 1. The summed E-state index contributed by atoms with van der Waals surface area (Å²) >= 11 is 9.21. The molecule has 1 unspecified atom stereocenters. The third kappa shape index (κ3) is 8.19. The van der Waals surface area contributed by atoms with Gasteiger partial charge in [0.2, 0.25) is 0 Å². The lowest BCUT2D eigenvalue weighted by atomic mass is 10.3. The summed E-state index contributed by atoms with van der Waals surface area (Å²) in [4.78, 5) is 11.9. The van der Waals surface area contributed by atoms with E-state index in [4.69, 9.17) is 21.1 Å². The third-order valence-electron chi connectivity index (χ3n) is 2.65. The molecule has 22 heavy (non-hydrogen) atoms. The highest BCUT2D eigenvalue weighted by atomic mass is 79.9. The van der Waals surface area contributed by atoms with Gasteiger partial charge in [-0.25, -0.2) is 0 Å². The Balaban J connectivity index is 0.00000441. The van der Waals surface area contributed by atoms with Gasteiger partial charge in [0, 0.05) is 31.8 Å². The first kappa shape index (κ1) is 21.5. The molecular weight excluding hydrogens is 395 g/mol. The summed E-state index contributed by atoms with van der Waals surface area (Å²) in [5.74, 6) is 0.422. The van der Waals surface area contributed by atoms with Gasteiger partial charge in [-0.15, -0.1) is 12.4 Å². The maximum Gasteiger partial charge on any atom is 0.260 e. The number of rotatable bonds is 9. The van der Waals surface area contributed by atoms with Crippen LogP contribution in [0.2, 0.25) is 5.02 Å². The molecule has 2 N–H and O–H groups in total. The van der Waals surface area contributed by atoms with Crippen molar-refractivity contribution in [1.82, 2.24) is 10.6 Å². The van der Waals surface area contributed by atoms with E-state index in [2.05, 4.69) is 26.6 Å². The zero-order valence-electron chi connectivity index (χ0n) is 12.5. The van der Waals surface area contributed by atoms with Gasteiger partial charge in [-0.05, 0) is 41.1 Å². The summed E-state index contributed by atoms with van der Waals surface area (Å²) in [6, 6.07) is 5.16. The molecule has 1 aromatic rings. The molecule has 8 heteroatoms. The fraction of sp³-hybridized carbons (Fsp3) is 0.500. The predicted molar refractivity (Wildman–Crippen MR) is 94.2 cm³/mol. The summed E-state index contributed by atoms with van der Waals surface area (Å²) in [6.07, 6.45) is -0.582. The Bertz CT molecular complexity index is 464. The van der Waals surface area contributed by atoms with Gasteiger partial charge in [-0.2, -0.15) is 0 Å². The van der Waals surface area contributed by atoms with Crippen LogP contribution < -0.4 is 15.4 Å². The van der Waals surface area contributed by atoms with Crippen LogP contribution in [0.4, 0.5) is 0 Å². The first-order valence-electron chi connectivity index (χ1n) is 6.63. The summed E-state index contributed by atoms with van der Waals surface area (Å²) < 4.78 is 11.2. The quantitative estimate of drug-likeness (QED) is 0.608. The highest BCUT2D eigenvalue weighted by molar-refractivity contribution is 9.10. The van der Waals surface area contributed by atoms with Crippen LogP contribution in [-0.2, 0) is 9.53 Å². The standard InChI is InChI=1S/C14H20BrClN2O3.ClH/c1-10(14(19)18-6-5-17-7-8-20-2)21-13-4-3-11(16)9-12(13)15;/h3-4,9-10,17H,5-8H2,1-2H3,(H,18,19);1H. The molecule has 1 rings (SSSR count). The van der Waals surface area contributed by atoms with Gasteiger partial charge in [0.1, 0.15) is 5.75 Å². The molecule has 1 amide bonds. The van der Waals surface area contributed by atoms with Crippen molar-refractivity contribution in [3.8, 4) is 5.75 Å². The number of hydrogen-bond donors (Lipinski definition) is 2. The fourth-order valence-corrected chi connectivity index (χ4v) is 2.31. The topological polar surface area (TPSA) is 59.6 Å². The van der Waals surface area contributed by atoms with Crippen molar-refractivity contribution in [2.75, 3.05) is 33.4 Å². The van der Waals surface area contributed by atoms with Crippen LogP contribution in [0.5, 0.6) is 5.75 Å². The van der Waals surface area contributed by atoms with Gasteiger partial charge in [-0.1, -0.05) is 11.6 Å². The van der Waals surface area contributed by atoms with E-state index < -0.39 is 6.10 Å². The number of carbonyl (C=O) groups excluding carboxylic acids is 1. The van der Waals surface area contributed by atoms with E-state index in [1.807, 2.05) is 0 Å². The lowest BCUT2D eigenvalue weighted by Crippen LogP contribution is -2.40. The number of halogens is 3. The Morgan fingerprint density at radius 3 is 2.73 bits per heavy atom. The van der Waals surface area contributed by atoms with E-state index in [1.54, 1.807) is 32.2 Å². The second kappa shape index (κ2) is 12.0. The minimum atomic E-state index is -0.582. The Morgan fingerprint density at radius 2 is 2.09 bits per heavy atom. The van der Waals surface area contributed by atoms with Gasteiger partial charge >= 0.3 is 0 Å². The lowest BCUT2D eigenvalue weighted by Gasteiger charge is -2.16. The van der Waals surface area contributed by atoms with Crippen molar-refractivity contribution in [3.05, 3.63) is 27.7 Å². The van der Waals surface area contributed by atoms with Crippen LogP contribution >= 0.6 is 39.9 Å². The molecule has 0 saturated carbocycles. The molecular formula is C14H21BrCl2N2O3. The maximum atomic E-state index is 11.9. The van der Waals surface area contributed by atoms with Gasteiger partial charge < -0.3 is 20.1 Å². The van der Waals surface area contributed by atoms with E-state index in [0.717, 1.165) is 11.0 Å². The SMILES string of the molecule is COCCNCCNC(=O)C(C)Oc1ccc(Cl)cc1Br.Cl. The summed E-state index contributed by atoms with van der Waals surface area (Å²) in [7, 11) is 1.65. The third-order valence-corrected chi connectivity index (χ3v) is 3.51. The number of ether oxygens (including phenoxy) is 2. The number of hydrogen-bond acceptors (Lipinski definition) is 4. The summed E-state index contributed by atoms with van der Waals surface area (Å²) in [5, 5.41) is 6.55. The molecule has 0 aliphatic rings. The molecule has 0 radical (unpaired) electrons. The van der Waals surface area contributed by atoms with Crippen LogP contribution in [0.1, 0.15) is 6.92 Å². The predicted octanol–water partition coefficient (Wildman–Crippen LogP) is 2.64. The lowest BCUT2D eigenvalue weighted by molar-refractivity contribution is -0.127. The minimum absolute atomic E-state index is 0. The number of nitrogens with one attached hydrogen (secondary N) is 2. The second-order valence-corrected chi connectivity index (χ2v) is 5.66. The minimum Gasteiger partial charge on any atom is -0.480 e. The molecule has 0 saturated heterocycles. The van der Waals surface area contributed by atoms with Crippen molar-refractivity contribution in [3.63, 3.8) is 0 Å². The van der Waals surface area contributed by atoms with E-state index in [-0.39, 0.29) is 18.3 Å². The van der Waals surface area contributed by atoms with Crippen LogP contribution in [0.15, 0.2) is 22.7 Å². The summed E-state index contributed by atoms with van der Waals surface area (Å²) in [6.45, 7) is 4.34. The second-order valence-electron chi connectivity index (χ2n) is 4.37. The average molecular weight is 416 g/mol. The maximum absolute atomic E-state index is 11.9. The van der Waals surface area contributed by atoms with Gasteiger partial charge in [-0.3, -0.25) is 4.79 Å². The molecule has 0 heterocycles. The highest BCUT2D eigenvalue weighted by Crippen LogP contribution is 2.28. The number of methoxy groups -OCH3 is 1. The largest absolute Gasteiger partial charge is 0.480 e. The molecule has 0 aromatic heterocycles. The monoisotopic (exact) mass is 414 g/mol. The first-order chi connectivity index (χ1) is 10.0. The van der Waals surface area contributed by atoms with Crippen LogP contribution in [0, 0.1) is 0 Å². The molecule has 1 aromatic carbocycles. The van der Waals surface area contributed by atoms with E-state index in [1.165, 1.54) is 0 Å². The molecule has 0 aliphatic heterocycles. The Labute approximate surface area is 150 Å². The molecule has 126 valence electrons. The zero-order chi connectivity index (χ0) is 15.7. The van der Waals surface area contributed by atoms with E-state index >= 15 is 0 Å². The molecule has 0 bridgehead atoms. The van der Waals surface area contributed by atoms with Crippen molar-refractivity contribution >= 4 is 45.8 Å². The van der Waals surface area contributed by atoms with Gasteiger partial charge in [0.15, 0.2) is 6.10 Å². The van der Waals surface area contributed by atoms with Gasteiger partial charge in [0.25, 0.3) is 5.91 Å². The van der Waals surface area contributed by atoms with Crippen molar-refractivity contribution in [2.45, 2.75) is 13.0 Å². The van der Waals surface area contributed by atoms with Gasteiger partial charge in [0.05, 0.1) is 11.1 Å². The molecule has 0 aliphatic carbocycles. The number of benzene rings is 1. The Hall–Kier alpha value is -0.530. The van der Waals surface area contributed by atoms with Crippen LogP contribution in [0.25, 0.3) is 0 Å². The van der Waals surface area contributed by atoms with E-state index in [9.17, 15) is 4.79 Å². The fourth-order valence-electron chi connectivity index (χ4n) is 1.53. The average Bonchev–Trinajstić information content (AvgIpc) is 2.45. The smallest absolute Gasteiger partial charge is 0.260 e. The van der Waals surface area contributed by atoms with Crippen molar-refractivity contribution in [1.29, 1.82) is 0 Å². The zero-order valence-corrected chi connectivity index (χ0v) is 15.7. The number of carbonyl (C=O) groups is 1. The van der Waals surface area contributed by atoms with Crippen molar-refractivity contribution < 1.29 is 14.3 Å². The molecule has 1 atom stereocenters. The molecule has 5 nitrogen and oxygen atoms in total. The Kier molecular flexibility index (Phi) is 11.7. The first-order valence-corrected chi connectivity index (χ1v) is 7.80. The van der Waals surface area contributed by atoms with Crippen LogP contribution in [-0.4, -0.2) is 45.4 Å². The molecule has 0 fully saturated rings. The highest BCUT2D eigenvalue weighted by Gasteiger charge is 2.15. The van der Waals surface area contributed by atoms with Crippen LogP contribution in [0.3, 0.4) is 0 Å². The summed E-state index contributed by atoms with van der Waals surface area (Å²) in [5.41, 5.74) is 0. The van der Waals surface area contributed by atoms with E-state index in [0.29, 0.717) is 30.5 Å². The normalized spacial score (nSPS) is 11.5. The Morgan fingerprint density at radius 1 is 1.36 bits per heavy atom.